The molecule has 1 saturated carbocycles. The van der Waals surface area contributed by atoms with Crippen molar-refractivity contribution in [3.8, 4) is 0 Å². The van der Waals surface area contributed by atoms with Gasteiger partial charge in [-0.25, -0.2) is 14.8 Å². The van der Waals surface area contributed by atoms with Gasteiger partial charge in [0.15, 0.2) is 5.82 Å². The lowest BCUT2D eigenvalue weighted by Gasteiger charge is -2.14. The van der Waals surface area contributed by atoms with E-state index in [1.165, 1.54) is 58.2 Å². The van der Waals surface area contributed by atoms with Crippen molar-refractivity contribution in [2.24, 2.45) is 10.7 Å². The number of aliphatic imine (C=N–C) groups is 1. The van der Waals surface area contributed by atoms with E-state index >= 15 is 0 Å². The molecule has 170 valence electrons. The van der Waals surface area contributed by atoms with E-state index in [1.54, 1.807) is 17.8 Å². The summed E-state index contributed by atoms with van der Waals surface area (Å²) in [5.74, 6) is 1.86. The average molecular weight is 429 g/mol. The summed E-state index contributed by atoms with van der Waals surface area (Å²) in [6, 6.07) is 0. The first-order valence-electron chi connectivity index (χ1n) is 11.7. The number of likely N-dealkylation sites (tertiary alicyclic amines) is 1. The van der Waals surface area contributed by atoms with Crippen LogP contribution in [0.4, 0.5) is 5.82 Å². The standard InChI is InChI=1S/C22H36N8O/c1-24-20(23)19-21(26-15-18-25-14-17(27-18)16-8-9-16)30(22(31)28-19)13-5-3-2-4-10-29-11-6-7-12-29/h14-16,20,24H,2-13,23H2,1H3,(H,25,27)(H,28,31)/b26-15+. The van der Waals surface area contributed by atoms with E-state index in [-0.39, 0.29) is 5.69 Å². The molecule has 2 aromatic rings. The molecule has 31 heavy (non-hydrogen) atoms. The fourth-order valence-corrected chi connectivity index (χ4v) is 4.28. The summed E-state index contributed by atoms with van der Waals surface area (Å²) in [7, 11) is 1.77. The van der Waals surface area contributed by atoms with Crippen molar-refractivity contribution in [2.45, 2.75) is 70.0 Å². The maximum atomic E-state index is 12.6. The van der Waals surface area contributed by atoms with E-state index < -0.39 is 6.17 Å². The number of H-pyrrole nitrogens is 2. The number of aromatic amines is 2. The molecular weight excluding hydrogens is 392 g/mol. The van der Waals surface area contributed by atoms with E-state index in [9.17, 15) is 4.79 Å². The van der Waals surface area contributed by atoms with E-state index in [1.807, 2.05) is 6.20 Å². The molecular formula is C22H36N8O. The van der Waals surface area contributed by atoms with Gasteiger partial charge in [0, 0.05) is 18.7 Å². The number of hydrogen-bond donors (Lipinski definition) is 4. The van der Waals surface area contributed by atoms with Crippen LogP contribution in [-0.2, 0) is 6.54 Å². The first-order chi connectivity index (χ1) is 15.2. The van der Waals surface area contributed by atoms with Gasteiger partial charge < -0.3 is 25.9 Å². The van der Waals surface area contributed by atoms with Gasteiger partial charge in [-0.2, -0.15) is 0 Å². The molecule has 3 heterocycles. The maximum Gasteiger partial charge on any atom is 0.327 e. The van der Waals surface area contributed by atoms with Gasteiger partial charge in [0.05, 0.1) is 23.8 Å². The molecule has 1 atom stereocenters. The van der Waals surface area contributed by atoms with E-state index in [0.29, 0.717) is 29.8 Å². The molecule has 9 nitrogen and oxygen atoms in total. The predicted octanol–water partition coefficient (Wildman–Crippen LogP) is 2.36. The number of aromatic nitrogens is 4. The van der Waals surface area contributed by atoms with Crippen LogP contribution in [0.1, 0.15) is 80.7 Å². The molecule has 0 spiro atoms. The fraction of sp³-hybridized carbons (Fsp3) is 0.682. The highest BCUT2D eigenvalue weighted by atomic mass is 16.1. The Labute approximate surface area is 183 Å². The van der Waals surface area contributed by atoms with Gasteiger partial charge in [-0.1, -0.05) is 12.8 Å². The quantitative estimate of drug-likeness (QED) is 0.235. The first-order valence-corrected chi connectivity index (χ1v) is 11.7. The Morgan fingerprint density at radius 2 is 2.00 bits per heavy atom. The number of hydrogen-bond acceptors (Lipinski definition) is 6. The SMILES string of the molecule is CNC(N)c1[nH]c(=O)n(CCCCCCN2CCCC2)c1/N=C/c1nc(C2CC2)c[nH]1. The molecule has 1 saturated heterocycles. The Hall–Kier alpha value is -2.23. The molecule has 0 aromatic carbocycles. The van der Waals surface area contributed by atoms with Crippen LogP contribution in [0, 0.1) is 0 Å². The second-order valence-corrected chi connectivity index (χ2v) is 8.79. The summed E-state index contributed by atoms with van der Waals surface area (Å²) in [6.07, 6.45) is 12.7. The summed E-state index contributed by atoms with van der Waals surface area (Å²) < 4.78 is 1.70. The molecule has 2 aromatic heterocycles. The molecule has 0 radical (unpaired) electrons. The van der Waals surface area contributed by atoms with Crippen molar-refractivity contribution in [3.63, 3.8) is 0 Å². The maximum absolute atomic E-state index is 12.6. The number of imidazole rings is 2. The summed E-state index contributed by atoms with van der Waals surface area (Å²) in [4.78, 5) is 30.4. The Balaban J connectivity index is 1.37. The minimum Gasteiger partial charge on any atom is -0.344 e. The molecule has 2 aliphatic rings. The molecule has 0 bridgehead atoms. The molecule has 9 heteroatoms. The highest BCUT2D eigenvalue weighted by Crippen LogP contribution is 2.38. The summed E-state index contributed by atoms with van der Waals surface area (Å²) in [6.45, 7) is 4.35. The lowest BCUT2D eigenvalue weighted by Crippen LogP contribution is -2.25. The average Bonchev–Trinajstić information content (AvgIpc) is 3.16. The predicted molar refractivity (Wildman–Crippen MR) is 123 cm³/mol. The van der Waals surface area contributed by atoms with Crippen LogP contribution in [0.25, 0.3) is 0 Å². The van der Waals surface area contributed by atoms with E-state index in [4.69, 9.17) is 5.73 Å². The third-order valence-electron chi connectivity index (χ3n) is 6.33. The van der Waals surface area contributed by atoms with Crippen molar-refractivity contribution in [2.75, 3.05) is 26.7 Å². The zero-order valence-electron chi connectivity index (χ0n) is 18.6. The van der Waals surface area contributed by atoms with Gasteiger partial charge in [0.2, 0.25) is 0 Å². The second kappa shape index (κ2) is 10.4. The van der Waals surface area contributed by atoms with Crippen molar-refractivity contribution >= 4 is 12.0 Å². The third kappa shape index (κ3) is 5.72. The Morgan fingerprint density at radius 1 is 1.26 bits per heavy atom. The van der Waals surface area contributed by atoms with Gasteiger partial charge in [0.1, 0.15) is 5.82 Å². The van der Waals surface area contributed by atoms with Gasteiger partial charge in [-0.3, -0.25) is 4.57 Å². The summed E-state index contributed by atoms with van der Waals surface area (Å²) in [5, 5.41) is 2.99. The van der Waals surface area contributed by atoms with Crippen molar-refractivity contribution in [1.29, 1.82) is 0 Å². The van der Waals surface area contributed by atoms with Crippen LogP contribution in [-0.4, -0.2) is 57.3 Å². The Morgan fingerprint density at radius 3 is 2.71 bits per heavy atom. The summed E-state index contributed by atoms with van der Waals surface area (Å²) >= 11 is 0. The van der Waals surface area contributed by atoms with E-state index in [2.05, 4.69) is 30.2 Å². The van der Waals surface area contributed by atoms with Gasteiger partial charge in [0.25, 0.3) is 0 Å². The second-order valence-electron chi connectivity index (χ2n) is 8.79. The normalized spacial score (nSPS) is 18.4. The van der Waals surface area contributed by atoms with Crippen LogP contribution in [0.3, 0.4) is 0 Å². The lowest BCUT2D eigenvalue weighted by atomic mass is 10.2. The largest absolute Gasteiger partial charge is 0.344 e. The highest BCUT2D eigenvalue weighted by Gasteiger charge is 2.25. The minimum atomic E-state index is -0.486. The van der Waals surface area contributed by atoms with Crippen LogP contribution < -0.4 is 16.7 Å². The van der Waals surface area contributed by atoms with Gasteiger partial charge in [-0.15, -0.1) is 0 Å². The number of nitrogens with two attached hydrogens (primary N) is 1. The number of rotatable bonds is 12. The topological polar surface area (TPSA) is 120 Å². The number of unbranched alkanes of at least 4 members (excludes halogenated alkanes) is 3. The number of nitrogens with zero attached hydrogens (tertiary/aromatic N) is 4. The van der Waals surface area contributed by atoms with Crippen molar-refractivity contribution in [1.82, 2.24) is 29.7 Å². The molecule has 5 N–H and O–H groups in total. The van der Waals surface area contributed by atoms with Crippen LogP contribution in [0.2, 0.25) is 0 Å². The number of nitrogens with one attached hydrogen (secondary N) is 3. The van der Waals surface area contributed by atoms with Crippen molar-refractivity contribution in [3.05, 3.63) is 33.9 Å². The molecule has 2 fully saturated rings. The molecule has 1 aliphatic heterocycles. The fourth-order valence-electron chi connectivity index (χ4n) is 4.28. The van der Waals surface area contributed by atoms with Crippen LogP contribution in [0.15, 0.2) is 16.0 Å². The minimum absolute atomic E-state index is 0.164. The molecule has 4 rings (SSSR count). The zero-order chi connectivity index (χ0) is 21.6. The monoisotopic (exact) mass is 428 g/mol. The highest BCUT2D eigenvalue weighted by molar-refractivity contribution is 5.77. The van der Waals surface area contributed by atoms with Crippen LogP contribution in [0.5, 0.6) is 0 Å². The van der Waals surface area contributed by atoms with Gasteiger partial charge >= 0.3 is 5.69 Å². The third-order valence-corrected chi connectivity index (χ3v) is 6.33. The smallest absolute Gasteiger partial charge is 0.327 e. The molecule has 1 unspecified atom stereocenters. The summed E-state index contributed by atoms with van der Waals surface area (Å²) in [5.41, 5.74) is 7.69. The Bertz CT molecular complexity index is 916. The Kier molecular flexibility index (Phi) is 7.37. The van der Waals surface area contributed by atoms with E-state index in [0.717, 1.165) is 18.5 Å². The lowest BCUT2D eigenvalue weighted by molar-refractivity contribution is 0.327. The molecule has 1 aliphatic carbocycles. The van der Waals surface area contributed by atoms with Gasteiger partial charge in [-0.05, 0) is 65.2 Å². The first kappa shape index (κ1) is 22.0. The van der Waals surface area contributed by atoms with Crippen molar-refractivity contribution < 1.29 is 0 Å². The molecule has 0 amide bonds. The van der Waals surface area contributed by atoms with Crippen LogP contribution >= 0.6 is 0 Å². The zero-order valence-corrected chi connectivity index (χ0v) is 18.6.